The van der Waals surface area contributed by atoms with Crippen LogP contribution < -0.4 is 4.90 Å². The molecule has 1 aliphatic heterocycles. The lowest BCUT2D eigenvalue weighted by Crippen LogP contribution is -2.27. The first-order valence-electron chi connectivity index (χ1n) is 9.65. The highest BCUT2D eigenvalue weighted by molar-refractivity contribution is 5.68. The lowest BCUT2D eigenvalue weighted by atomic mass is 10.1. The Hall–Kier alpha value is -3.29. The van der Waals surface area contributed by atoms with E-state index in [0.29, 0.717) is 0 Å². The predicted octanol–water partition coefficient (Wildman–Crippen LogP) is 1.87. The maximum atomic E-state index is 4.80. The summed E-state index contributed by atoms with van der Waals surface area (Å²) in [6.45, 7) is 4.55. The Morgan fingerprint density at radius 3 is 2.79 bits per heavy atom. The largest absolute Gasteiger partial charge is 0.366 e. The molecule has 0 aliphatic carbocycles. The van der Waals surface area contributed by atoms with E-state index in [4.69, 9.17) is 10.1 Å². The summed E-state index contributed by atoms with van der Waals surface area (Å²) in [6.07, 6.45) is 4.35. The number of rotatable bonds is 4. The Morgan fingerprint density at radius 2 is 1.89 bits per heavy atom. The third kappa shape index (κ3) is 3.21. The van der Waals surface area contributed by atoms with Gasteiger partial charge in [0.25, 0.3) is 0 Å². The quantitative estimate of drug-likeness (QED) is 0.543. The van der Waals surface area contributed by atoms with Gasteiger partial charge in [-0.1, -0.05) is 30.3 Å². The standard InChI is InChI=1S/C20H22N8/c1-15-13-17(20-23-21-14-28(20)24-15)26-10-9-19-22-18(25-27(19)12-11-26)8-7-16-5-3-2-4-6-16/h2-6,13-14H,7-12H2,1H3. The van der Waals surface area contributed by atoms with Crippen LogP contribution in [0.2, 0.25) is 0 Å². The average Bonchev–Trinajstić information content (AvgIpc) is 3.29. The first-order valence-corrected chi connectivity index (χ1v) is 9.65. The Morgan fingerprint density at radius 1 is 1.00 bits per heavy atom. The van der Waals surface area contributed by atoms with E-state index in [1.807, 2.05) is 13.0 Å². The van der Waals surface area contributed by atoms with Gasteiger partial charge in [-0.3, -0.25) is 0 Å². The van der Waals surface area contributed by atoms with E-state index < -0.39 is 0 Å². The topological polar surface area (TPSA) is 77.0 Å². The molecular formula is C20H22N8. The lowest BCUT2D eigenvalue weighted by molar-refractivity contribution is 0.602. The van der Waals surface area contributed by atoms with Gasteiger partial charge in [0, 0.05) is 25.9 Å². The van der Waals surface area contributed by atoms with Crippen molar-refractivity contribution in [3.05, 3.63) is 65.6 Å². The van der Waals surface area contributed by atoms with Crippen molar-refractivity contribution >= 4 is 11.3 Å². The second-order valence-corrected chi connectivity index (χ2v) is 7.16. The first kappa shape index (κ1) is 16.9. The van der Waals surface area contributed by atoms with E-state index >= 15 is 0 Å². The van der Waals surface area contributed by atoms with Gasteiger partial charge in [-0.25, -0.2) is 9.67 Å². The van der Waals surface area contributed by atoms with Crippen LogP contribution in [0.15, 0.2) is 42.7 Å². The van der Waals surface area contributed by atoms with Crippen LogP contribution in [0.25, 0.3) is 5.65 Å². The Labute approximate surface area is 162 Å². The van der Waals surface area contributed by atoms with E-state index in [2.05, 4.69) is 55.2 Å². The number of anilines is 1. The molecule has 0 saturated heterocycles. The van der Waals surface area contributed by atoms with E-state index in [9.17, 15) is 0 Å². The van der Waals surface area contributed by atoms with Gasteiger partial charge in [0.05, 0.1) is 17.9 Å². The fraction of sp³-hybridized carbons (Fsp3) is 0.350. The van der Waals surface area contributed by atoms with Gasteiger partial charge in [-0.05, 0) is 25.0 Å². The number of aryl methyl sites for hydroxylation is 3. The number of hydrogen-bond donors (Lipinski definition) is 0. The van der Waals surface area contributed by atoms with Crippen molar-refractivity contribution in [2.75, 3.05) is 18.0 Å². The van der Waals surface area contributed by atoms with Gasteiger partial charge in [-0.15, -0.1) is 10.2 Å². The molecule has 4 heterocycles. The SMILES string of the molecule is Cc1cc(N2CCc3nc(CCc4ccccc4)nn3CC2)c2nncn2n1. The highest BCUT2D eigenvalue weighted by Gasteiger charge is 2.20. The molecule has 8 heteroatoms. The molecule has 8 nitrogen and oxygen atoms in total. The van der Waals surface area contributed by atoms with Crippen molar-refractivity contribution in [1.82, 2.24) is 34.6 Å². The third-order valence-corrected chi connectivity index (χ3v) is 5.17. The molecule has 4 aromatic rings. The number of aromatic nitrogens is 7. The zero-order valence-corrected chi connectivity index (χ0v) is 15.9. The Bertz CT molecular complexity index is 1070. The van der Waals surface area contributed by atoms with Crippen LogP contribution in [0.5, 0.6) is 0 Å². The molecule has 0 fully saturated rings. The lowest BCUT2D eigenvalue weighted by Gasteiger charge is -2.22. The van der Waals surface area contributed by atoms with Crippen LogP contribution in [-0.4, -0.2) is 47.7 Å². The number of benzene rings is 1. The van der Waals surface area contributed by atoms with Crippen molar-refractivity contribution in [2.45, 2.75) is 32.7 Å². The number of hydrogen-bond acceptors (Lipinski definition) is 6. The van der Waals surface area contributed by atoms with E-state index in [1.54, 1.807) is 10.8 Å². The number of nitrogens with zero attached hydrogens (tertiary/aromatic N) is 8. The second kappa shape index (κ2) is 7.03. The number of fused-ring (bicyclic) bond motifs is 2. The molecule has 1 aromatic carbocycles. The summed E-state index contributed by atoms with van der Waals surface area (Å²) in [6, 6.07) is 12.6. The van der Waals surface area contributed by atoms with Crippen LogP contribution in [0.4, 0.5) is 5.69 Å². The summed E-state index contributed by atoms with van der Waals surface area (Å²) in [7, 11) is 0. The third-order valence-electron chi connectivity index (χ3n) is 5.17. The van der Waals surface area contributed by atoms with Gasteiger partial charge < -0.3 is 4.90 Å². The zero-order chi connectivity index (χ0) is 18.9. The molecule has 0 spiro atoms. The van der Waals surface area contributed by atoms with E-state index in [1.165, 1.54) is 5.56 Å². The molecule has 28 heavy (non-hydrogen) atoms. The minimum Gasteiger partial charge on any atom is -0.366 e. The van der Waals surface area contributed by atoms with E-state index in [0.717, 1.165) is 67.6 Å². The van der Waals surface area contributed by atoms with Gasteiger partial charge in [0.15, 0.2) is 5.82 Å². The van der Waals surface area contributed by atoms with Crippen LogP contribution in [0.3, 0.4) is 0 Å². The van der Waals surface area contributed by atoms with Crippen molar-refractivity contribution in [3.8, 4) is 0 Å². The van der Waals surface area contributed by atoms with E-state index in [-0.39, 0.29) is 0 Å². The molecule has 3 aromatic heterocycles. The van der Waals surface area contributed by atoms with Gasteiger partial charge >= 0.3 is 0 Å². The van der Waals surface area contributed by atoms with Crippen LogP contribution in [-0.2, 0) is 25.8 Å². The van der Waals surface area contributed by atoms with Crippen LogP contribution in [0.1, 0.15) is 22.9 Å². The summed E-state index contributed by atoms with van der Waals surface area (Å²) in [5, 5.41) is 17.4. The molecule has 0 radical (unpaired) electrons. The molecule has 0 N–H and O–H groups in total. The summed E-state index contributed by atoms with van der Waals surface area (Å²) >= 11 is 0. The predicted molar refractivity (Wildman–Crippen MR) is 105 cm³/mol. The van der Waals surface area contributed by atoms with Crippen molar-refractivity contribution in [1.29, 1.82) is 0 Å². The fourth-order valence-electron chi connectivity index (χ4n) is 3.77. The molecule has 0 atom stereocenters. The summed E-state index contributed by atoms with van der Waals surface area (Å²) in [5.74, 6) is 2.00. The Balaban J connectivity index is 1.31. The first-order chi connectivity index (χ1) is 13.8. The van der Waals surface area contributed by atoms with Crippen molar-refractivity contribution in [3.63, 3.8) is 0 Å². The van der Waals surface area contributed by atoms with Gasteiger partial charge in [0.1, 0.15) is 12.2 Å². The molecule has 142 valence electrons. The summed E-state index contributed by atoms with van der Waals surface area (Å²) in [4.78, 5) is 7.14. The maximum absolute atomic E-state index is 4.80. The highest BCUT2D eigenvalue weighted by atomic mass is 15.4. The summed E-state index contributed by atoms with van der Waals surface area (Å²) in [5.41, 5.74) is 4.14. The highest BCUT2D eigenvalue weighted by Crippen LogP contribution is 2.22. The Kier molecular flexibility index (Phi) is 4.23. The molecule has 0 bridgehead atoms. The molecule has 0 unspecified atom stereocenters. The fourth-order valence-corrected chi connectivity index (χ4v) is 3.77. The monoisotopic (exact) mass is 374 g/mol. The smallest absolute Gasteiger partial charge is 0.200 e. The zero-order valence-electron chi connectivity index (χ0n) is 15.9. The summed E-state index contributed by atoms with van der Waals surface area (Å²) < 4.78 is 3.81. The molecular weight excluding hydrogens is 352 g/mol. The van der Waals surface area contributed by atoms with Crippen molar-refractivity contribution in [2.24, 2.45) is 0 Å². The average molecular weight is 374 g/mol. The van der Waals surface area contributed by atoms with Crippen molar-refractivity contribution < 1.29 is 0 Å². The molecule has 0 amide bonds. The maximum Gasteiger partial charge on any atom is 0.200 e. The molecule has 5 rings (SSSR count). The minimum atomic E-state index is 0.793. The molecule has 0 saturated carbocycles. The van der Waals surface area contributed by atoms with Crippen LogP contribution >= 0.6 is 0 Å². The minimum absolute atomic E-state index is 0.793. The van der Waals surface area contributed by atoms with Gasteiger partial charge in [0.2, 0.25) is 5.65 Å². The molecule has 1 aliphatic rings. The van der Waals surface area contributed by atoms with Crippen LogP contribution in [0, 0.1) is 6.92 Å². The normalized spacial score (nSPS) is 14.2. The van der Waals surface area contributed by atoms with Gasteiger partial charge in [-0.2, -0.15) is 14.7 Å². The second-order valence-electron chi connectivity index (χ2n) is 7.16.